The van der Waals surface area contributed by atoms with E-state index in [2.05, 4.69) is 0 Å². The fraction of sp³-hybridized carbons (Fsp3) is 0.500. The third-order valence-corrected chi connectivity index (χ3v) is 4.12. The van der Waals surface area contributed by atoms with Crippen LogP contribution in [-0.2, 0) is 14.9 Å². The Morgan fingerprint density at radius 3 is 2.00 bits per heavy atom. The molecule has 0 saturated carbocycles. The minimum absolute atomic E-state index is 0.432. The van der Waals surface area contributed by atoms with Gasteiger partial charge in [-0.05, 0) is 33.3 Å². The molecule has 0 unspecified atom stereocenters. The van der Waals surface area contributed by atoms with E-state index in [4.69, 9.17) is 15.0 Å². The SMILES string of the molecule is CC1(C)OB([C@@](N)(O)c2ccc(C=O)cc2)OC1(C)C. The van der Waals surface area contributed by atoms with E-state index in [0.717, 1.165) is 6.29 Å². The van der Waals surface area contributed by atoms with Crippen LogP contribution in [0, 0.1) is 0 Å². The molecule has 0 bridgehead atoms. The van der Waals surface area contributed by atoms with E-state index in [1.54, 1.807) is 24.3 Å². The molecule has 0 aromatic heterocycles. The van der Waals surface area contributed by atoms with Gasteiger partial charge in [0.25, 0.3) is 0 Å². The highest BCUT2D eigenvalue weighted by Gasteiger charge is 2.58. The molecular formula is C14H20BNO4. The lowest BCUT2D eigenvalue weighted by Gasteiger charge is -2.32. The molecule has 5 nitrogen and oxygen atoms in total. The van der Waals surface area contributed by atoms with E-state index >= 15 is 0 Å². The average Bonchev–Trinajstić information content (AvgIpc) is 2.59. The molecule has 1 fully saturated rings. The van der Waals surface area contributed by atoms with Gasteiger partial charge in [0, 0.05) is 5.56 Å². The minimum Gasteiger partial charge on any atom is -0.400 e. The number of aliphatic hydroxyl groups is 1. The molecule has 0 aliphatic carbocycles. The first kappa shape index (κ1) is 15.2. The van der Waals surface area contributed by atoms with Gasteiger partial charge in [-0.1, -0.05) is 24.3 Å². The molecular weight excluding hydrogens is 257 g/mol. The third-order valence-electron chi connectivity index (χ3n) is 4.12. The smallest absolute Gasteiger partial charge is 0.400 e. The summed E-state index contributed by atoms with van der Waals surface area (Å²) in [6, 6.07) is 6.36. The number of benzene rings is 1. The van der Waals surface area contributed by atoms with E-state index in [0.29, 0.717) is 11.1 Å². The van der Waals surface area contributed by atoms with Gasteiger partial charge >= 0.3 is 7.12 Å². The fourth-order valence-corrected chi connectivity index (χ4v) is 1.99. The maximum atomic E-state index is 10.7. The third kappa shape index (κ3) is 2.40. The maximum Gasteiger partial charge on any atom is 0.512 e. The number of carbonyl (C=O) groups is 1. The monoisotopic (exact) mass is 277 g/mol. The molecule has 1 heterocycles. The zero-order chi connectivity index (χ0) is 15.2. The second-order valence-electron chi connectivity index (χ2n) is 6.15. The van der Waals surface area contributed by atoms with Crippen molar-refractivity contribution >= 4 is 13.4 Å². The molecule has 0 spiro atoms. The van der Waals surface area contributed by atoms with Crippen LogP contribution in [0.25, 0.3) is 0 Å². The van der Waals surface area contributed by atoms with E-state index in [1.165, 1.54) is 0 Å². The van der Waals surface area contributed by atoms with E-state index in [-0.39, 0.29) is 0 Å². The van der Waals surface area contributed by atoms with Gasteiger partial charge in [0.15, 0.2) is 5.62 Å². The van der Waals surface area contributed by atoms with Crippen LogP contribution in [0.1, 0.15) is 43.6 Å². The summed E-state index contributed by atoms with van der Waals surface area (Å²) in [4.78, 5) is 10.7. The lowest BCUT2D eigenvalue weighted by Crippen LogP contribution is -2.53. The Kier molecular flexibility index (Phi) is 3.54. The first-order valence-electron chi connectivity index (χ1n) is 6.53. The van der Waals surface area contributed by atoms with Crippen molar-refractivity contribution < 1.29 is 19.2 Å². The van der Waals surface area contributed by atoms with E-state index in [1.807, 2.05) is 27.7 Å². The van der Waals surface area contributed by atoms with Gasteiger partial charge in [-0.15, -0.1) is 0 Å². The van der Waals surface area contributed by atoms with Crippen molar-refractivity contribution in [1.29, 1.82) is 0 Å². The van der Waals surface area contributed by atoms with Crippen LogP contribution in [0.5, 0.6) is 0 Å². The van der Waals surface area contributed by atoms with Gasteiger partial charge in [-0.2, -0.15) is 0 Å². The second kappa shape index (κ2) is 4.67. The van der Waals surface area contributed by atoms with Crippen molar-refractivity contribution in [2.24, 2.45) is 5.73 Å². The van der Waals surface area contributed by atoms with Crippen molar-refractivity contribution in [3.8, 4) is 0 Å². The van der Waals surface area contributed by atoms with Gasteiger partial charge in [0.2, 0.25) is 0 Å². The molecule has 1 aromatic carbocycles. The van der Waals surface area contributed by atoms with Crippen molar-refractivity contribution in [2.75, 3.05) is 0 Å². The lowest BCUT2D eigenvalue weighted by atomic mass is 9.70. The van der Waals surface area contributed by atoms with Crippen LogP contribution in [-0.4, -0.2) is 29.7 Å². The highest BCUT2D eigenvalue weighted by molar-refractivity contribution is 6.48. The number of aldehydes is 1. The predicted molar refractivity (Wildman–Crippen MR) is 76.0 cm³/mol. The quantitative estimate of drug-likeness (QED) is 0.493. The Hall–Kier alpha value is -1.21. The normalized spacial score (nSPS) is 23.4. The van der Waals surface area contributed by atoms with Gasteiger partial charge in [0.1, 0.15) is 6.29 Å². The van der Waals surface area contributed by atoms with Gasteiger partial charge in [-0.25, -0.2) is 0 Å². The number of hydrogen-bond acceptors (Lipinski definition) is 5. The molecule has 1 aliphatic heterocycles. The maximum absolute atomic E-state index is 10.7. The molecule has 0 radical (unpaired) electrons. The van der Waals surface area contributed by atoms with Gasteiger partial charge < -0.3 is 20.1 Å². The first-order chi connectivity index (χ1) is 9.10. The molecule has 108 valence electrons. The van der Waals surface area contributed by atoms with Crippen LogP contribution in [0.15, 0.2) is 24.3 Å². The summed E-state index contributed by atoms with van der Waals surface area (Å²) < 4.78 is 11.5. The van der Waals surface area contributed by atoms with Crippen LogP contribution in [0.2, 0.25) is 0 Å². The van der Waals surface area contributed by atoms with Crippen LogP contribution in [0.3, 0.4) is 0 Å². The van der Waals surface area contributed by atoms with Crippen molar-refractivity contribution in [1.82, 2.24) is 0 Å². The van der Waals surface area contributed by atoms with Crippen LogP contribution >= 0.6 is 0 Å². The van der Waals surface area contributed by atoms with Gasteiger partial charge in [-0.3, -0.25) is 4.79 Å². The van der Waals surface area contributed by atoms with Crippen LogP contribution < -0.4 is 5.73 Å². The zero-order valence-corrected chi connectivity index (χ0v) is 12.2. The predicted octanol–water partition coefficient (Wildman–Crippen LogP) is 1.23. The summed E-state index contributed by atoms with van der Waals surface area (Å²) in [6.07, 6.45) is 0.730. The fourth-order valence-electron chi connectivity index (χ4n) is 1.99. The molecule has 2 rings (SSSR count). The second-order valence-corrected chi connectivity index (χ2v) is 6.15. The summed E-state index contributed by atoms with van der Waals surface area (Å²) >= 11 is 0. The summed E-state index contributed by atoms with van der Waals surface area (Å²) in [5, 5.41) is 10.6. The first-order valence-corrected chi connectivity index (χ1v) is 6.53. The molecule has 1 aliphatic rings. The highest BCUT2D eigenvalue weighted by atomic mass is 16.7. The summed E-state index contributed by atoms with van der Waals surface area (Å²) in [6.45, 7) is 7.55. The summed E-state index contributed by atoms with van der Waals surface area (Å²) in [5.74, 6) is 0. The number of hydrogen-bond donors (Lipinski definition) is 2. The highest BCUT2D eigenvalue weighted by Crippen LogP contribution is 2.40. The van der Waals surface area contributed by atoms with E-state index < -0.39 is 23.9 Å². The molecule has 6 heteroatoms. The largest absolute Gasteiger partial charge is 0.512 e. The standard InChI is InChI=1S/C14H20BNO4/c1-12(2)13(3,4)20-15(19-12)14(16,18)11-7-5-10(9-17)6-8-11/h5-9,18H,16H2,1-4H3/t14-/m0/s1. The Morgan fingerprint density at radius 1 is 1.15 bits per heavy atom. The number of rotatable bonds is 3. The molecule has 20 heavy (non-hydrogen) atoms. The topological polar surface area (TPSA) is 81.8 Å². The molecule has 1 atom stereocenters. The Bertz CT molecular complexity index is 494. The molecule has 1 aromatic rings. The lowest BCUT2D eigenvalue weighted by molar-refractivity contribution is 0.00578. The van der Waals surface area contributed by atoms with Crippen molar-refractivity contribution in [3.05, 3.63) is 35.4 Å². The van der Waals surface area contributed by atoms with E-state index in [9.17, 15) is 9.90 Å². The molecule has 3 N–H and O–H groups in total. The van der Waals surface area contributed by atoms with Crippen LogP contribution in [0.4, 0.5) is 0 Å². The molecule has 1 saturated heterocycles. The van der Waals surface area contributed by atoms with Gasteiger partial charge in [0.05, 0.1) is 11.2 Å². The Labute approximate surface area is 119 Å². The van der Waals surface area contributed by atoms with Crippen molar-refractivity contribution in [2.45, 2.75) is 44.5 Å². The number of carbonyl (C=O) groups excluding carboxylic acids is 1. The van der Waals surface area contributed by atoms with Crippen molar-refractivity contribution in [3.63, 3.8) is 0 Å². The number of nitrogens with two attached hydrogens (primary N) is 1. The average molecular weight is 277 g/mol. The Balaban J connectivity index is 2.29. The molecule has 0 amide bonds. The zero-order valence-electron chi connectivity index (χ0n) is 12.2. The minimum atomic E-state index is -1.79. The summed E-state index contributed by atoms with van der Waals surface area (Å²) in [7, 11) is -0.977. The summed E-state index contributed by atoms with van der Waals surface area (Å²) in [5.41, 5.74) is 4.00. The Morgan fingerprint density at radius 2 is 1.60 bits per heavy atom.